The van der Waals surface area contributed by atoms with E-state index in [1.54, 1.807) is 7.11 Å². The molecule has 27 heavy (non-hydrogen) atoms. The number of methoxy groups -OCH3 is 1. The van der Waals surface area contributed by atoms with E-state index in [1.165, 1.54) is 21.2 Å². The molecule has 1 amide bonds. The third-order valence-corrected chi connectivity index (χ3v) is 5.42. The Morgan fingerprint density at radius 3 is 2.41 bits per heavy atom. The molecule has 0 radical (unpaired) electrons. The fourth-order valence-electron chi connectivity index (χ4n) is 3.91. The van der Waals surface area contributed by atoms with Gasteiger partial charge < -0.3 is 14.5 Å². The van der Waals surface area contributed by atoms with Gasteiger partial charge in [0.2, 0.25) is 0 Å². The largest absolute Gasteiger partial charge is 0.496 e. The number of hydrogen-bond acceptors (Lipinski definition) is 2. The molecule has 4 heteroatoms. The second kappa shape index (κ2) is 7.80. The summed E-state index contributed by atoms with van der Waals surface area (Å²) >= 11 is 0. The first-order valence-electron chi connectivity index (χ1n) is 9.49. The van der Waals surface area contributed by atoms with E-state index < -0.39 is 0 Å². The van der Waals surface area contributed by atoms with E-state index in [-0.39, 0.29) is 5.91 Å². The van der Waals surface area contributed by atoms with Gasteiger partial charge in [-0.25, -0.2) is 0 Å². The minimum absolute atomic E-state index is 0.136. The summed E-state index contributed by atoms with van der Waals surface area (Å²) < 4.78 is 5.63. The standard InChI is InChI=1S/C23H24N2O2/c1-27-22-12-11-18-7-5-6-10-20(18)21(22)17-24-13-15-25(16-14-24)23(26)19-8-3-2-4-9-19/h2-12H,13-17H2,1H3/p+1. The second-order valence-electron chi connectivity index (χ2n) is 7.05. The predicted octanol–water partition coefficient (Wildman–Crippen LogP) is 2.39. The van der Waals surface area contributed by atoms with Crippen molar-refractivity contribution in [1.82, 2.24) is 4.90 Å². The molecule has 1 saturated heterocycles. The number of carbonyl (C=O) groups excluding carboxylic acids is 1. The van der Waals surface area contributed by atoms with Gasteiger partial charge in [0.05, 0.1) is 38.9 Å². The Hall–Kier alpha value is -2.85. The van der Waals surface area contributed by atoms with E-state index >= 15 is 0 Å². The number of amides is 1. The van der Waals surface area contributed by atoms with Crippen molar-refractivity contribution in [2.45, 2.75) is 6.54 Å². The number of piperazine rings is 1. The van der Waals surface area contributed by atoms with Crippen LogP contribution in [0.1, 0.15) is 15.9 Å². The zero-order valence-corrected chi connectivity index (χ0v) is 15.7. The lowest BCUT2D eigenvalue weighted by molar-refractivity contribution is -0.917. The molecule has 1 fully saturated rings. The first-order valence-corrected chi connectivity index (χ1v) is 9.49. The molecule has 3 aromatic carbocycles. The number of benzene rings is 3. The Kier molecular flexibility index (Phi) is 5.07. The van der Waals surface area contributed by atoms with Gasteiger partial charge in [0.25, 0.3) is 5.91 Å². The molecule has 138 valence electrons. The highest BCUT2D eigenvalue weighted by Crippen LogP contribution is 2.27. The van der Waals surface area contributed by atoms with Crippen LogP contribution in [-0.4, -0.2) is 44.1 Å². The molecule has 3 aromatic rings. The Morgan fingerprint density at radius 1 is 0.963 bits per heavy atom. The van der Waals surface area contributed by atoms with E-state index in [1.807, 2.05) is 35.2 Å². The van der Waals surface area contributed by atoms with Crippen molar-refractivity contribution in [3.8, 4) is 5.75 Å². The summed E-state index contributed by atoms with van der Waals surface area (Å²) in [6.07, 6.45) is 0. The molecule has 0 bridgehead atoms. The van der Waals surface area contributed by atoms with Crippen molar-refractivity contribution in [3.05, 3.63) is 77.9 Å². The van der Waals surface area contributed by atoms with Gasteiger partial charge in [-0.2, -0.15) is 0 Å². The highest BCUT2D eigenvalue weighted by Gasteiger charge is 2.25. The lowest BCUT2D eigenvalue weighted by Crippen LogP contribution is -3.13. The number of carbonyl (C=O) groups is 1. The highest BCUT2D eigenvalue weighted by atomic mass is 16.5. The molecule has 0 spiro atoms. The Labute approximate surface area is 160 Å². The average molecular weight is 361 g/mol. The van der Waals surface area contributed by atoms with Gasteiger partial charge in [-0.3, -0.25) is 4.79 Å². The minimum atomic E-state index is 0.136. The van der Waals surface area contributed by atoms with Crippen LogP contribution in [0.2, 0.25) is 0 Å². The van der Waals surface area contributed by atoms with Gasteiger partial charge in [-0.1, -0.05) is 48.5 Å². The molecule has 0 atom stereocenters. The third-order valence-electron chi connectivity index (χ3n) is 5.42. The van der Waals surface area contributed by atoms with Crippen LogP contribution in [0.3, 0.4) is 0 Å². The number of nitrogens with zero attached hydrogens (tertiary/aromatic N) is 1. The van der Waals surface area contributed by atoms with Gasteiger partial charge in [0, 0.05) is 5.56 Å². The van der Waals surface area contributed by atoms with Crippen LogP contribution in [-0.2, 0) is 6.54 Å². The molecule has 1 N–H and O–H groups in total. The predicted molar refractivity (Wildman–Crippen MR) is 107 cm³/mol. The quantitative estimate of drug-likeness (QED) is 0.774. The van der Waals surface area contributed by atoms with E-state index in [9.17, 15) is 4.79 Å². The van der Waals surface area contributed by atoms with E-state index in [0.717, 1.165) is 44.0 Å². The first kappa shape index (κ1) is 17.6. The van der Waals surface area contributed by atoms with Gasteiger partial charge in [-0.15, -0.1) is 0 Å². The van der Waals surface area contributed by atoms with E-state index in [2.05, 4.69) is 36.4 Å². The van der Waals surface area contributed by atoms with Crippen LogP contribution in [0.4, 0.5) is 0 Å². The van der Waals surface area contributed by atoms with Crippen molar-refractivity contribution < 1.29 is 14.4 Å². The maximum Gasteiger partial charge on any atom is 0.254 e. The summed E-state index contributed by atoms with van der Waals surface area (Å²) in [5.41, 5.74) is 2.03. The molecule has 0 unspecified atom stereocenters. The third kappa shape index (κ3) is 3.67. The van der Waals surface area contributed by atoms with Crippen molar-refractivity contribution in [1.29, 1.82) is 0 Å². The number of nitrogens with one attached hydrogen (secondary N) is 1. The van der Waals surface area contributed by atoms with Crippen molar-refractivity contribution in [3.63, 3.8) is 0 Å². The normalized spacial score (nSPS) is 15.1. The van der Waals surface area contributed by atoms with Crippen LogP contribution >= 0.6 is 0 Å². The Morgan fingerprint density at radius 2 is 1.67 bits per heavy atom. The summed E-state index contributed by atoms with van der Waals surface area (Å²) in [7, 11) is 1.74. The van der Waals surface area contributed by atoms with Crippen molar-refractivity contribution >= 4 is 16.7 Å². The molecule has 4 nitrogen and oxygen atoms in total. The van der Waals surface area contributed by atoms with Crippen LogP contribution in [0.5, 0.6) is 5.75 Å². The molecular weight excluding hydrogens is 336 g/mol. The second-order valence-corrected chi connectivity index (χ2v) is 7.05. The van der Waals surface area contributed by atoms with Crippen LogP contribution in [0, 0.1) is 0 Å². The van der Waals surface area contributed by atoms with Crippen molar-refractivity contribution in [2.75, 3.05) is 33.3 Å². The number of quaternary nitrogens is 1. The summed E-state index contributed by atoms with van der Waals surface area (Å²) in [5.74, 6) is 1.08. The van der Waals surface area contributed by atoms with E-state index in [0.29, 0.717) is 0 Å². The number of hydrogen-bond donors (Lipinski definition) is 1. The summed E-state index contributed by atoms with van der Waals surface area (Å²) in [5, 5.41) is 2.50. The molecule has 1 aliphatic heterocycles. The van der Waals surface area contributed by atoms with Crippen LogP contribution in [0.15, 0.2) is 66.7 Å². The minimum Gasteiger partial charge on any atom is -0.496 e. The molecule has 1 heterocycles. The molecule has 4 rings (SSSR count). The molecule has 0 aromatic heterocycles. The van der Waals surface area contributed by atoms with Gasteiger partial charge in [-0.05, 0) is 29.0 Å². The number of fused-ring (bicyclic) bond motifs is 1. The monoisotopic (exact) mass is 361 g/mol. The fraction of sp³-hybridized carbons (Fsp3) is 0.261. The van der Waals surface area contributed by atoms with Crippen LogP contribution < -0.4 is 9.64 Å². The lowest BCUT2D eigenvalue weighted by atomic mass is 10.0. The Bertz CT molecular complexity index is 932. The molecule has 0 saturated carbocycles. The fourth-order valence-corrected chi connectivity index (χ4v) is 3.91. The van der Waals surface area contributed by atoms with Crippen LogP contribution in [0.25, 0.3) is 10.8 Å². The topological polar surface area (TPSA) is 34.0 Å². The number of ether oxygens (including phenoxy) is 1. The van der Waals surface area contributed by atoms with Crippen molar-refractivity contribution in [2.24, 2.45) is 0 Å². The van der Waals surface area contributed by atoms with Gasteiger partial charge in [0.1, 0.15) is 12.3 Å². The zero-order valence-electron chi connectivity index (χ0n) is 15.7. The maximum atomic E-state index is 12.6. The van der Waals surface area contributed by atoms with Gasteiger partial charge in [0.15, 0.2) is 0 Å². The zero-order chi connectivity index (χ0) is 18.6. The molecule has 1 aliphatic rings. The number of rotatable bonds is 4. The lowest BCUT2D eigenvalue weighted by Gasteiger charge is -2.32. The summed E-state index contributed by atoms with van der Waals surface area (Å²) in [6.45, 7) is 4.39. The Balaban J connectivity index is 1.47. The SMILES string of the molecule is COc1ccc2ccccc2c1C[NH+]1CCN(C(=O)c2ccccc2)CC1. The summed E-state index contributed by atoms with van der Waals surface area (Å²) in [6, 6.07) is 22.2. The average Bonchev–Trinajstić information content (AvgIpc) is 2.74. The smallest absolute Gasteiger partial charge is 0.254 e. The molecular formula is C23H25N2O2+. The highest BCUT2D eigenvalue weighted by molar-refractivity contribution is 5.94. The maximum absolute atomic E-state index is 12.6. The summed E-state index contributed by atoms with van der Waals surface area (Å²) in [4.78, 5) is 16.1. The molecule has 0 aliphatic carbocycles. The van der Waals surface area contributed by atoms with Gasteiger partial charge >= 0.3 is 0 Å². The first-order chi connectivity index (χ1) is 13.3. The van der Waals surface area contributed by atoms with E-state index in [4.69, 9.17) is 4.74 Å².